The van der Waals surface area contributed by atoms with Crippen molar-refractivity contribution in [3.05, 3.63) is 70.2 Å². The van der Waals surface area contributed by atoms with Crippen molar-refractivity contribution in [1.29, 1.82) is 0 Å². The zero-order chi connectivity index (χ0) is 19.2. The van der Waals surface area contributed by atoms with Crippen molar-refractivity contribution >= 4 is 22.4 Å². The molecule has 1 unspecified atom stereocenters. The van der Waals surface area contributed by atoms with Crippen LogP contribution in [0, 0.1) is 6.92 Å². The summed E-state index contributed by atoms with van der Waals surface area (Å²) >= 11 is 1.25. The Hall–Kier alpha value is -2.97. The van der Waals surface area contributed by atoms with E-state index >= 15 is 0 Å². The predicted molar refractivity (Wildman–Crippen MR) is 106 cm³/mol. The Morgan fingerprint density at radius 3 is 2.67 bits per heavy atom. The Bertz CT molecular complexity index is 913. The molecule has 0 spiro atoms. The Morgan fingerprint density at radius 2 is 2.00 bits per heavy atom. The van der Waals surface area contributed by atoms with Crippen LogP contribution in [0.3, 0.4) is 0 Å². The summed E-state index contributed by atoms with van der Waals surface area (Å²) in [7, 11) is 0. The monoisotopic (exact) mass is 383 g/mol. The molecule has 0 radical (unpaired) electrons. The van der Waals surface area contributed by atoms with Gasteiger partial charge < -0.3 is 21.5 Å². The lowest BCUT2D eigenvalue weighted by molar-refractivity contribution is 0.0942. The van der Waals surface area contributed by atoms with Crippen molar-refractivity contribution < 1.29 is 9.53 Å². The van der Waals surface area contributed by atoms with Crippen LogP contribution in [-0.2, 0) is 0 Å². The number of carbonyl (C=O) groups is 1. The lowest BCUT2D eigenvalue weighted by Gasteiger charge is -2.17. The first-order valence-electron chi connectivity index (χ1n) is 8.46. The highest BCUT2D eigenvalue weighted by atomic mass is 32.1. The quantitative estimate of drug-likeness (QED) is 0.576. The van der Waals surface area contributed by atoms with E-state index in [-0.39, 0.29) is 5.91 Å². The molecule has 7 nitrogen and oxygen atoms in total. The third kappa shape index (κ3) is 4.60. The maximum atomic E-state index is 12.9. The summed E-state index contributed by atoms with van der Waals surface area (Å²) in [6.07, 6.45) is 0. The lowest BCUT2D eigenvalue weighted by atomic mass is 10.1. The molecule has 27 heavy (non-hydrogen) atoms. The molecule has 3 aromatic rings. The molecule has 1 amide bonds. The molecule has 1 atom stereocenters. The van der Waals surface area contributed by atoms with Crippen molar-refractivity contribution in [3.63, 3.8) is 0 Å². The molecule has 0 saturated carbocycles. The number of carbonyl (C=O) groups excluding carboxylic acids is 1. The van der Waals surface area contributed by atoms with E-state index in [1.165, 1.54) is 11.3 Å². The van der Waals surface area contributed by atoms with Crippen LogP contribution in [0.5, 0.6) is 5.75 Å². The van der Waals surface area contributed by atoms with Gasteiger partial charge in [-0.05, 0) is 30.2 Å². The average molecular weight is 383 g/mol. The van der Waals surface area contributed by atoms with E-state index in [4.69, 9.17) is 16.2 Å². The summed E-state index contributed by atoms with van der Waals surface area (Å²) < 4.78 is 5.61. The molecule has 1 heterocycles. The number of ether oxygens (including phenoxy) is 1. The van der Waals surface area contributed by atoms with Crippen LogP contribution in [0.15, 0.2) is 48.5 Å². The van der Waals surface area contributed by atoms with Crippen molar-refractivity contribution in [1.82, 2.24) is 15.5 Å². The second-order valence-electron chi connectivity index (χ2n) is 5.91. The maximum absolute atomic E-state index is 12.9. The first-order chi connectivity index (χ1) is 13.1. The summed E-state index contributed by atoms with van der Waals surface area (Å²) in [5.41, 5.74) is 13.5. The molecule has 0 aliphatic heterocycles. The number of benzene rings is 2. The number of rotatable bonds is 7. The van der Waals surface area contributed by atoms with E-state index in [1.54, 1.807) is 12.1 Å². The molecule has 140 valence electrons. The van der Waals surface area contributed by atoms with Crippen LogP contribution < -0.4 is 21.5 Å². The summed E-state index contributed by atoms with van der Waals surface area (Å²) in [5, 5.41) is 12.0. The van der Waals surface area contributed by atoms with Gasteiger partial charge >= 0.3 is 0 Å². The molecule has 1 aromatic heterocycles. The summed E-state index contributed by atoms with van der Waals surface area (Å²) in [5.74, 6) is 0.403. The number of anilines is 1. The third-order valence-electron chi connectivity index (χ3n) is 3.94. The number of aryl methyl sites for hydroxylation is 1. The standard InChI is InChI=1S/C19H21N5O2S/c1-12-7-8-14(11-15(12)26-10-9-20)17(25)22-16(13-5-3-2-4-6-13)18-23-24-19(21)27-18/h2-8,11,16H,9-10,20H2,1H3,(H2,21,24)(H,22,25). The van der Waals surface area contributed by atoms with Gasteiger partial charge in [-0.15, -0.1) is 10.2 Å². The lowest BCUT2D eigenvalue weighted by Crippen LogP contribution is -2.29. The Balaban J connectivity index is 1.87. The SMILES string of the molecule is Cc1ccc(C(=O)NC(c2ccccc2)c2nnc(N)s2)cc1OCCN. The first-order valence-corrected chi connectivity index (χ1v) is 9.28. The molecule has 3 rings (SSSR count). The van der Waals surface area contributed by atoms with Gasteiger partial charge in [-0.2, -0.15) is 0 Å². The molecule has 5 N–H and O–H groups in total. The predicted octanol–water partition coefficient (Wildman–Crippen LogP) is 2.29. The van der Waals surface area contributed by atoms with Crippen LogP contribution in [0.4, 0.5) is 5.13 Å². The number of hydrogen-bond acceptors (Lipinski definition) is 7. The highest BCUT2D eigenvalue weighted by Gasteiger charge is 2.22. The fourth-order valence-corrected chi connectivity index (χ4v) is 3.27. The highest BCUT2D eigenvalue weighted by molar-refractivity contribution is 7.15. The van der Waals surface area contributed by atoms with Crippen LogP contribution in [0.1, 0.15) is 32.5 Å². The summed E-state index contributed by atoms with van der Waals surface area (Å²) in [4.78, 5) is 12.9. The van der Waals surface area contributed by atoms with E-state index in [0.717, 1.165) is 11.1 Å². The molecular weight excluding hydrogens is 362 g/mol. The van der Waals surface area contributed by atoms with Crippen molar-refractivity contribution in [2.75, 3.05) is 18.9 Å². The van der Waals surface area contributed by atoms with Gasteiger partial charge in [0, 0.05) is 12.1 Å². The van der Waals surface area contributed by atoms with Gasteiger partial charge in [-0.25, -0.2) is 0 Å². The van der Waals surface area contributed by atoms with Crippen LogP contribution in [0.2, 0.25) is 0 Å². The van der Waals surface area contributed by atoms with Gasteiger partial charge in [0.15, 0.2) is 0 Å². The van der Waals surface area contributed by atoms with Crippen LogP contribution in [-0.4, -0.2) is 29.3 Å². The third-order valence-corrected chi connectivity index (χ3v) is 4.75. The van der Waals surface area contributed by atoms with Crippen molar-refractivity contribution in [2.24, 2.45) is 5.73 Å². The molecular formula is C19H21N5O2S. The van der Waals surface area contributed by atoms with Crippen LogP contribution >= 0.6 is 11.3 Å². The first kappa shape index (κ1) is 18.8. The molecule has 0 fully saturated rings. The number of nitrogens with zero attached hydrogens (tertiary/aromatic N) is 2. The Kier molecular flexibility index (Phi) is 6.00. The van der Waals surface area contributed by atoms with E-state index in [2.05, 4.69) is 15.5 Å². The minimum absolute atomic E-state index is 0.241. The molecule has 0 saturated heterocycles. The number of amides is 1. The maximum Gasteiger partial charge on any atom is 0.252 e. The second-order valence-corrected chi connectivity index (χ2v) is 6.95. The number of nitrogens with two attached hydrogens (primary N) is 2. The Morgan fingerprint density at radius 1 is 1.22 bits per heavy atom. The minimum atomic E-state index is -0.441. The van der Waals surface area contributed by atoms with Gasteiger partial charge in [-0.1, -0.05) is 47.7 Å². The second kappa shape index (κ2) is 8.61. The highest BCUT2D eigenvalue weighted by Crippen LogP contribution is 2.27. The van der Waals surface area contributed by atoms with E-state index in [9.17, 15) is 4.79 Å². The topological polar surface area (TPSA) is 116 Å². The fraction of sp³-hybridized carbons (Fsp3) is 0.211. The van der Waals surface area contributed by atoms with Gasteiger partial charge in [0.25, 0.3) is 5.91 Å². The number of hydrogen-bond donors (Lipinski definition) is 3. The van der Waals surface area contributed by atoms with E-state index < -0.39 is 6.04 Å². The number of aromatic nitrogens is 2. The normalized spacial score (nSPS) is 11.8. The number of nitrogen functional groups attached to an aromatic ring is 1. The molecule has 0 aliphatic carbocycles. The summed E-state index contributed by atoms with van der Waals surface area (Å²) in [6, 6.07) is 14.5. The molecule has 0 bridgehead atoms. The zero-order valence-electron chi connectivity index (χ0n) is 14.9. The summed E-state index contributed by atoms with van der Waals surface area (Å²) in [6.45, 7) is 2.72. The molecule has 8 heteroatoms. The van der Waals surface area contributed by atoms with Gasteiger partial charge in [0.05, 0.1) is 0 Å². The average Bonchev–Trinajstić information content (AvgIpc) is 3.12. The largest absolute Gasteiger partial charge is 0.492 e. The number of nitrogens with one attached hydrogen (secondary N) is 1. The molecule has 0 aliphatic rings. The van der Waals surface area contributed by atoms with Crippen molar-refractivity contribution in [2.45, 2.75) is 13.0 Å². The van der Waals surface area contributed by atoms with Gasteiger partial charge in [0.2, 0.25) is 5.13 Å². The van der Waals surface area contributed by atoms with Crippen molar-refractivity contribution in [3.8, 4) is 5.75 Å². The molecule has 2 aromatic carbocycles. The zero-order valence-corrected chi connectivity index (χ0v) is 15.7. The van der Waals surface area contributed by atoms with E-state index in [1.807, 2.05) is 43.3 Å². The fourth-order valence-electron chi connectivity index (χ4n) is 2.58. The van der Waals surface area contributed by atoms with Gasteiger partial charge in [0.1, 0.15) is 23.4 Å². The van der Waals surface area contributed by atoms with Crippen LogP contribution in [0.25, 0.3) is 0 Å². The smallest absolute Gasteiger partial charge is 0.252 e. The van der Waals surface area contributed by atoms with E-state index in [0.29, 0.717) is 34.6 Å². The Labute approximate surface area is 161 Å². The minimum Gasteiger partial charge on any atom is -0.492 e. The van der Waals surface area contributed by atoms with Gasteiger partial charge in [-0.3, -0.25) is 4.79 Å².